The first-order valence-corrected chi connectivity index (χ1v) is 7.60. The van der Waals surface area contributed by atoms with E-state index in [1.54, 1.807) is 0 Å². The number of aromatic nitrogens is 2. The molecule has 20 heavy (non-hydrogen) atoms. The van der Waals surface area contributed by atoms with E-state index in [0.29, 0.717) is 5.92 Å². The number of halogens is 1. The Balaban J connectivity index is 2.10. The lowest BCUT2D eigenvalue weighted by molar-refractivity contribution is 0.866. The van der Waals surface area contributed by atoms with Crippen LogP contribution in [0.4, 0.5) is 0 Å². The Hall–Kier alpha value is -1.61. The van der Waals surface area contributed by atoms with Crippen molar-refractivity contribution >= 4 is 27.0 Å². The van der Waals surface area contributed by atoms with Crippen LogP contribution in [0.1, 0.15) is 31.0 Å². The van der Waals surface area contributed by atoms with E-state index in [2.05, 4.69) is 70.1 Å². The topological polar surface area (TPSA) is 28.7 Å². The van der Waals surface area contributed by atoms with Crippen LogP contribution < -0.4 is 0 Å². The van der Waals surface area contributed by atoms with Gasteiger partial charge in [-0.3, -0.25) is 0 Å². The molecule has 2 nitrogen and oxygen atoms in total. The molecule has 0 aliphatic rings. The second-order valence-electron chi connectivity index (χ2n) is 5.47. The number of benzene rings is 1. The fourth-order valence-corrected chi connectivity index (χ4v) is 2.97. The highest BCUT2D eigenvalue weighted by Crippen LogP contribution is 2.32. The molecule has 1 aromatic carbocycles. The zero-order chi connectivity index (χ0) is 14.3. The van der Waals surface area contributed by atoms with Crippen LogP contribution in [0.2, 0.25) is 0 Å². The number of fused-ring (bicyclic) bond motifs is 1. The number of nitrogens with one attached hydrogen (secondary N) is 1. The number of hydrogen-bond acceptors (Lipinski definition) is 1. The third-order valence-electron chi connectivity index (χ3n) is 3.57. The molecule has 0 atom stereocenters. The Morgan fingerprint density at radius 2 is 1.90 bits per heavy atom. The second-order valence-corrected chi connectivity index (χ2v) is 6.32. The van der Waals surface area contributed by atoms with Crippen LogP contribution in [-0.2, 0) is 0 Å². The van der Waals surface area contributed by atoms with Crippen molar-refractivity contribution in [1.29, 1.82) is 0 Å². The molecule has 3 rings (SSSR count). The van der Waals surface area contributed by atoms with Crippen molar-refractivity contribution in [1.82, 2.24) is 9.97 Å². The van der Waals surface area contributed by atoms with E-state index in [1.165, 1.54) is 11.1 Å². The smallest absolute Gasteiger partial charge is 0.138 e. The molecule has 0 unspecified atom stereocenters. The van der Waals surface area contributed by atoms with Gasteiger partial charge in [0.05, 0.1) is 0 Å². The number of aryl methyl sites for hydroxylation is 1. The van der Waals surface area contributed by atoms with Gasteiger partial charge in [0, 0.05) is 26.8 Å². The summed E-state index contributed by atoms with van der Waals surface area (Å²) in [5.74, 6) is 0.535. The van der Waals surface area contributed by atoms with Crippen LogP contribution in [0.5, 0.6) is 0 Å². The van der Waals surface area contributed by atoms with Crippen molar-refractivity contribution in [2.24, 2.45) is 0 Å². The minimum Gasteiger partial charge on any atom is -0.339 e. The largest absolute Gasteiger partial charge is 0.339 e. The highest BCUT2D eigenvalue weighted by atomic mass is 79.9. The van der Waals surface area contributed by atoms with E-state index < -0.39 is 0 Å². The highest BCUT2D eigenvalue weighted by molar-refractivity contribution is 9.10. The lowest BCUT2D eigenvalue weighted by Gasteiger charge is -2.08. The van der Waals surface area contributed by atoms with Crippen molar-refractivity contribution in [2.45, 2.75) is 26.7 Å². The van der Waals surface area contributed by atoms with E-state index >= 15 is 0 Å². The number of pyridine rings is 1. The lowest BCUT2D eigenvalue weighted by atomic mass is 10.0. The number of hydrogen-bond donors (Lipinski definition) is 1. The van der Waals surface area contributed by atoms with Gasteiger partial charge < -0.3 is 4.98 Å². The maximum atomic E-state index is 4.53. The fraction of sp³-hybridized carbons (Fsp3) is 0.235. The number of aromatic amines is 1. The first kappa shape index (κ1) is 13.4. The minimum absolute atomic E-state index is 0.535. The Labute approximate surface area is 127 Å². The van der Waals surface area contributed by atoms with E-state index in [1.807, 2.05) is 13.0 Å². The molecule has 3 heteroatoms. The molecule has 102 valence electrons. The molecule has 0 radical (unpaired) electrons. The van der Waals surface area contributed by atoms with Gasteiger partial charge in [0.25, 0.3) is 0 Å². The monoisotopic (exact) mass is 328 g/mol. The zero-order valence-corrected chi connectivity index (χ0v) is 13.5. The van der Waals surface area contributed by atoms with Crippen molar-refractivity contribution in [3.05, 3.63) is 52.1 Å². The summed E-state index contributed by atoms with van der Waals surface area (Å²) in [7, 11) is 0. The summed E-state index contributed by atoms with van der Waals surface area (Å²) >= 11 is 3.68. The summed E-state index contributed by atoms with van der Waals surface area (Å²) in [6.45, 7) is 6.42. The Bertz CT molecular complexity index is 772. The summed E-state index contributed by atoms with van der Waals surface area (Å²) in [5.41, 5.74) is 5.58. The minimum atomic E-state index is 0.535. The van der Waals surface area contributed by atoms with Crippen LogP contribution in [0, 0.1) is 6.92 Å². The number of nitrogens with zero attached hydrogens (tertiary/aromatic N) is 1. The molecule has 2 heterocycles. The quantitative estimate of drug-likeness (QED) is 0.668. The summed E-state index contributed by atoms with van der Waals surface area (Å²) in [5, 5.41) is 1.14. The standard InChI is InChI=1S/C17H17BrN2/c1-10(2)12-6-7-14(15(18)8-12)16-9-13-5-4-11(3)19-17(13)20-16/h4-10H,1-3H3,(H,19,20). The van der Waals surface area contributed by atoms with Gasteiger partial charge in [-0.05, 0) is 42.7 Å². The van der Waals surface area contributed by atoms with Crippen LogP contribution >= 0.6 is 15.9 Å². The van der Waals surface area contributed by atoms with Crippen molar-refractivity contribution in [3.8, 4) is 11.3 Å². The molecule has 0 bridgehead atoms. The molecule has 0 aliphatic heterocycles. The molecule has 0 spiro atoms. The second kappa shape index (κ2) is 5.06. The number of rotatable bonds is 2. The normalized spacial score (nSPS) is 11.4. The fourth-order valence-electron chi connectivity index (χ4n) is 2.36. The third kappa shape index (κ3) is 2.38. The van der Waals surface area contributed by atoms with Gasteiger partial charge in [-0.25, -0.2) is 4.98 Å². The summed E-state index contributed by atoms with van der Waals surface area (Å²) < 4.78 is 1.12. The first-order chi connectivity index (χ1) is 9.54. The molecule has 0 saturated carbocycles. The molecule has 0 amide bonds. The van der Waals surface area contributed by atoms with Gasteiger partial charge in [0.2, 0.25) is 0 Å². The van der Waals surface area contributed by atoms with Crippen LogP contribution in [-0.4, -0.2) is 9.97 Å². The molecule has 0 saturated heterocycles. The third-order valence-corrected chi connectivity index (χ3v) is 4.22. The molecule has 3 aromatic rings. The molecule has 2 aromatic heterocycles. The average Bonchev–Trinajstić information content (AvgIpc) is 2.80. The summed E-state index contributed by atoms with van der Waals surface area (Å²) in [6, 6.07) is 12.8. The van der Waals surface area contributed by atoms with Gasteiger partial charge in [0.1, 0.15) is 5.65 Å². The lowest BCUT2D eigenvalue weighted by Crippen LogP contribution is -1.88. The van der Waals surface area contributed by atoms with Crippen LogP contribution in [0.15, 0.2) is 40.9 Å². The van der Waals surface area contributed by atoms with E-state index in [-0.39, 0.29) is 0 Å². The SMILES string of the molecule is Cc1ccc2cc(-c3ccc(C(C)C)cc3Br)[nH]c2n1. The predicted molar refractivity (Wildman–Crippen MR) is 88.1 cm³/mol. The van der Waals surface area contributed by atoms with E-state index in [0.717, 1.165) is 26.9 Å². The molecule has 0 fully saturated rings. The maximum absolute atomic E-state index is 4.53. The molecular formula is C17H17BrN2. The molecular weight excluding hydrogens is 312 g/mol. The molecule has 1 N–H and O–H groups in total. The van der Waals surface area contributed by atoms with Crippen molar-refractivity contribution in [2.75, 3.05) is 0 Å². The van der Waals surface area contributed by atoms with E-state index in [4.69, 9.17) is 0 Å². The number of H-pyrrole nitrogens is 1. The van der Waals surface area contributed by atoms with Crippen molar-refractivity contribution < 1.29 is 0 Å². The Morgan fingerprint density at radius 1 is 1.10 bits per heavy atom. The van der Waals surface area contributed by atoms with Gasteiger partial charge >= 0.3 is 0 Å². The maximum Gasteiger partial charge on any atom is 0.138 e. The average molecular weight is 329 g/mol. The van der Waals surface area contributed by atoms with Gasteiger partial charge in [-0.1, -0.05) is 41.9 Å². The Kier molecular flexibility index (Phi) is 3.38. The predicted octanol–water partition coefficient (Wildman–Crippen LogP) is 5.42. The van der Waals surface area contributed by atoms with Crippen LogP contribution in [0.3, 0.4) is 0 Å². The summed E-state index contributed by atoms with van der Waals surface area (Å²) in [4.78, 5) is 7.93. The zero-order valence-electron chi connectivity index (χ0n) is 11.9. The first-order valence-electron chi connectivity index (χ1n) is 6.81. The van der Waals surface area contributed by atoms with Gasteiger partial charge in [-0.2, -0.15) is 0 Å². The van der Waals surface area contributed by atoms with Gasteiger partial charge in [0.15, 0.2) is 0 Å². The van der Waals surface area contributed by atoms with Crippen molar-refractivity contribution in [3.63, 3.8) is 0 Å². The van der Waals surface area contributed by atoms with E-state index in [9.17, 15) is 0 Å². The molecule has 0 aliphatic carbocycles. The highest BCUT2D eigenvalue weighted by Gasteiger charge is 2.09. The summed E-state index contributed by atoms with van der Waals surface area (Å²) in [6.07, 6.45) is 0. The Morgan fingerprint density at radius 3 is 2.60 bits per heavy atom. The van der Waals surface area contributed by atoms with Gasteiger partial charge in [-0.15, -0.1) is 0 Å². The van der Waals surface area contributed by atoms with Crippen LogP contribution in [0.25, 0.3) is 22.3 Å².